The van der Waals surface area contributed by atoms with Crippen LogP contribution >= 0.6 is 15.9 Å². The normalized spacial score (nSPS) is 17.8. The van der Waals surface area contributed by atoms with Crippen LogP contribution < -0.4 is 10.1 Å². The Bertz CT molecular complexity index is 405. The molecule has 0 aromatic heterocycles. The third kappa shape index (κ3) is 3.48. The van der Waals surface area contributed by atoms with Crippen molar-refractivity contribution in [2.24, 2.45) is 0 Å². The van der Waals surface area contributed by atoms with Crippen molar-refractivity contribution in [2.45, 2.75) is 45.1 Å². The fraction of sp³-hybridized carbons (Fsp3) is 0.600. The van der Waals surface area contributed by atoms with Crippen LogP contribution in [-0.4, -0.2) is 19.2 Å². The van der Waals surface area contributed by atoms with Crippen molar-refractivity contribution < 1.29 is 4.74 Å². The predicted octanol–water partition coefficient (Wildman–Crippen LogP) is 3.88. The standard InChI is InChI=1S/C15H22BrNO/c1-15(2,3)11-4-5-14(13(16)10-11)18-12-6-8-17-9-7-12/h4-5,10,12,17H,6-9H2,1-3H3. The van der Waals surface area contributed by atoms with Crippen molar-refractivity contribution in [3.63, 3.8) is 0 Å². The van der Waals surface area contributed by atoms with Gasteiger partial charge in [-0.2, -0.15) is 0 Å². The van der Waals surface area contributed by atoms with Crippen LogP contribution in [0.5, 0.6) is 5.75 Å². The highest BCUT2D eigenvalue weighted by Gasteiger charge is 2.18. The summed E-state index contributed by atoms with van der Waals surface area (Å²) >= 11 is 3.63. The van der Waals surface area contributed by atoms with E-state index < -0.39 is 0 Å². The highest BCUT2D eigenvalue weighted by atomic mass is 79.9. The Morgan fingerprint density at radius 3 is 2.44 bits per heavy atom. The van der Waals surface area contributed by atoms with Crippen molar-refractivity contribution in [3.05, 3.63) is 28.2 Å². The molecule has 0 radical (unpaired) electrons. The maximum atomic E-state index is 6.07. The summed E-state index contributed by atoms with van der Waals surface area (Å²) in [5.74, 6) is 0.968. The number of hydrogen-bond acceptors (Lipinski definition) is 2. The Balaban J connectivity index is 2.09. The summed E-state index contributed by atoms with van der Waals surface area (Å²) in [5, 5.41) is 3.35. The number of hydrogen-bond donors (Lipinski definition) is 1. The van der Waals surface area contributed by atoms with E-state index in [9.17, 15) is 0 Å². The first-order chi connectivity index (χ1) is 8.47. The largest absolute Gasteiger partial charge is 0.489 e. The average molecular weight is 312 g/mol. The zero-order valence-corrected chi connectivity index (χ0v) is 13.0. The van der Waals surface area contributed by atoms with Gasteiger partial charge in [0.25, 0.3) is 0 Å². The Morgan fingerprint density at radius 1 is 1.22 bits per heavy atom. The second-order valence-corrected chi connectivity index (χ2v) is 6.82. The van der Waals surface area contributed by atoms with Crippen molar-refractivity contribution in [2.75, 3.05) is 13.1 Å². The van der Waals surface area contributed by atoms with Crippen LogP contribution in [-0.2, 0) is 5.41 Å². The third-order valence-electron chi connectivity index (χ3n) is 3.38. The van der Waals surface area contributed by atoms with Gasteiger partial charge in [0.05, 0.1) is 4.47 Å². The lowest BCUT2D eigenvalue weighted by molar-refractivity contribution is 0.161. The van der Waals surface area contributed by atoms with E-state index in [0.29, 0.717) is 6.10 Å². The molecule has 0 spiro atoms. The van der Waals surface area contributed by atoms with E-state index in [2.05, 4.69) is 60.2 Å². The molecule has 3 heteroatoms. The highest BCUT2D eigenvalue weighted by Crippen LogP contribution is 2.32. The lowest BCUT2D eigenvalue weighted by Crippen LogP contribution is -2.34. The predicted molar refractivity (Wildman–Crippen MR) is 79.4 cm³/mol. The number of halogens is 1. The molecular formula is C15H22BrNO. The van der Waals surface area contributed by atoms with Crippen molar-refractivity contribution in [1.82, 2.24) is 5.32 Å². The van der Waals surface area contributed by atoms with E-state index in [0.717, 1.165) is 36.2 Å². The summed E-state index contributed by atoms with van der Waals surface area (Å²) in [6, 6.07) is 6.43. The van der Waals surface area contributed by atoms with Crippen molar-refractivity contribution >= 4 is 15.9 Å². The average Bonchev–Trinajstić information content (AvgIpc) is 2.32. The molecule has 18 heavy (non-hydrogen) atoms. The smallest absolute Gasteiger partial charge is 0.133 e. The van der Waals surface area contributed by atoms with Gasteiger partial charge in [0.2, 0.25) is 0 Å². The van der Waals surface area contributed by atoms with Crippen LogP contribution in [0.1, 0.15) is 39.2 Å². The van der Waals surface area contributed by atoms with Gasteiger partial charge in [0.15, 0.2) is 0 Å². The van der Waals surface area contributed by atoms with Gasteiger partial charge < -0.3 is 10.1 Å². The number of piperidine rings is 1. The summed E-state index contributed by atoms with van der Waals surface area (Å²) < 4.78 is 7.13. The van der Waals surface area contributed by atoms with Crippen LogP contribution in [0.4, 0.5) is 0 Å². The monoisotopic (exact) mass is 311 g/mol. The third-order valence-corrected chi connectivity index (χ3v) is 4.00. The second kappa shape index (κ2) is 5.62. The van der Waals surface area contributed by atoms with Crippen LogP contribution in [0.15, 0.2) is 22.7 Å². The Labute approximate surface area is 118 Å². The molecule has 2 rings (SSSR count). The molecule has 1 aliphatic heterocycles. The zero-order valence-electron chi connectivity index (χ0n) is 11.4. The van der Waals surface area contributed by atoms with Crippen LogP contribution in [0.3, 0.4) is 0 Å². The van der Waals surface area contributed by atoms with E-state index in [1.165, 1.54) is 5.56 Å². The topological polar surface area (TPSA) is 21.3 Å². The molecule has 1 N–H and O–H groups in total. The molecule has 1 aromatic rings. The molecule has 0 saturated carbocycles. The zero-order chi connectivity index (χ0) is 13.2. The molecule has 0 amide bonds. The summed E-state index contributed by atoms with van der Waals surface area (Å²) in [6.45, 7) is 8.79. The van der Waals surface area contributed by atoms with Gasteiger partial charge in [-0.05, 0) is 65.0 Å². The first-order valence-corrected chi connectivity index (χ1v) is 7.43. The van der Waals surface area contributed by atoms with Crippen LogP contribution in [0.2, 0.25) is 0 Å². The molecule has 0 atom stereocenters. The number of nitrogens with one attached hydrogen (secondary N) is 1. The highest BCUT2D eigenvalue weighted by molar-refractivity contribution is 9.10. The van der Waals surface area contributed by atoms with Gasteiger partial charge in [-0.15, -0.1) is 0 Å². The van der Waals surface area contributed by atoms with Gasteiger partial charge in [0.1, 0.15) is 11.9 Å². The van der Waals surface area contributed by atoms with Gasteiger partial charge >= 0.3 is 0 Å². The molecular weight excluding hydrogens is 290 g/mol. The van der Waals surface area contributed by atoms with E-state index in [-0.39, 0.29) is 5.41 Å². The summed E-state index contributed by atoms with van der Waals surface area (Å²) in [5.41, 5.74) is 1.50. The summed E-state index contributed by atoms with van der Waals surface area (Å²) in [7, 11) is 0. The second-order valence-electron chi connectivity index (χ2n) is 5.96. The molecule has 0 bridgehead atoms. The Kier molecular flexibility index (Phi) is 4.33. The van der Waals surface area contributed by atoms with E-state index in [4.69, 9.17) is 4.74 Å². The minimum absolute atomic E-state index is 0.176. The van der Waals surface area contributed by atoms with Gasteiger partial charge in [-0.3, -0.25) is 0 Å². The molecule has 1 aromatic carbocycles. The van der Waals surface area contributed by atoms with Gasteiger partial charge in [-0.25, -0.2) is 0 Å². The molecule has 0 unspecified atom stereocenters. The Morgan fingerprint density at radius 2 is 1.89 bits per heavy atom. The lowest BCUT2D eigenvalue weighted by atomic mass is 9.87. The summed E-state index contributed by atoms with van der Waals surface area (Å²) in [4.78, 5) is 0. The summed E-state index contributed by atoms with van der Waals surface area (Å²) in [6.07, 6.45) is 2.53. The van der Waals surface area contributed by atoms with E-state index in [1.54, 1.807) is 0 Å². The van der Waals surface area contributed by atoms with Crippen LogP contribution in [0, 0.1) is 0 Å². The maximum Gasteiger partial charge on any atom is 0.133 e. The van der Waals surface area contributed by atoms with Crippen molar-refractivity contribution in [1.29, 1.82) is 0 Å². The van der Waals surface area contributed by atoms with E-state index >= 15 is 0 Å². The van der Waals surface area contributed by atoms with Crippen molar-refractivity contribution in [3.8, 4) is 5.75 Å². The quantitative estimate of drug-likeness (QED) is 0.895. The SMILES string of the molecule is CC(C)(C)c1ccc(OC2CCNCC2)c(Br)c1. The van der Waals surface area contributed by atoms with Gasteiger partial charge in [-0.1, -0.05) is 26.8 Å². The van der Waals surface area contributed by atoms with Crippen LogP contribution in [0.25, 0.3) is 0 Å². The number of ether oxygens (including phenoxy) is 1. The molecule has 0 aliphatic carbocycles. The molecule has 2 nitrogen and oxygen atoms in total. The van der Waals surface area contributed by atoms with Gasteiger partial charge in [0, 0.05) is 0 Å². The number of rotatable bonds is 2. The Hall–Kier alpha value is -0.540. The molecule has 1 aliphatic rings. The molecule has 100 valence electrons. The first-order valence-electron chi connectivity index (χ1n) is 6.64. The van der Waals surface area contributed by atoms with E-state index in [1.807, 2.05) is 0 Å². The fourth-order valence-electron chi connectivity index (χ4n) is 2.16. The molecule has 1 fully saturated rings. The molecule has 1 heterocycles. The molecule has 1 saturated heterocycles. The minimum atomic E-state index is 0.176. The fourth-order valence-corrected chi connectivity index (χ4v) is 2.63. The lowest BCUT2D eigenvalue weighted by Gasteiger charge is -2.25. The number of benzene rings is 1. The maximum absolute atomic E-state index is 6.07. The first kappa shape index (κ1) is 13.9. The minimum Gasteiger partial charge on any atom is -0.489 e.